The molecular formula is C13H9ClF2O. The van der Waals surface area contributed by atoms with Crippen LogP contribution >= 0.6 is 11.6 Å². The van der Waals surface area contributed by atoms with E-state index in [0.29, 0.717) is 11.1 Å². The van der Waals surface area contributed by atoms with Crippen molar-refractivity contribution >= 4 is 11.6 Å². The molecule has 88 valence electrons. The molecule has 0 aliphatic heterocycles. The number of aliphatic hydroxyl groups excluding tert-OH is 1. The summed E-state index contributed by atoms with van der Waals surface area (Å²) in [7, 11) is 0. The number of hydrogen-bond donors (Lipinski definition) is 1. The second-order valence-electron chi connectivity index (χ2n) is 3.63. The van der Waals surface area contributed by atoms with Crippen LogP contribution in [0.5, 0.6) is 0 Å². The Labute approximate surface area is 102 Å². The number of hydrogen-bond acceptors (Lipinski definition) is 1. The molecule has 0 spiro atoms. The highest BCUT2D eigenvalue weighted by Crippen LogP contribution is 2.26. The number of rotatable bonds is 2. The Morgan fingerprint density at radius 1 is 1.00 bits per heavy atom. The molecule has 0 aliphatic carbocycles. The van der Waals surface area contributed by atoms with Gasteiger partial charge in [-0.05, 0) is 35.4 Å². The summed E-state index contributed by atoms with van der Waals surface area (Å²) >= 11 is 5.62. The molecule has 0 fully saturated rings. The SMILES string of the molecule is O[C@@H](c1cccc(F)c1)c1ccc(F)c(Cl)c1. The maximum Gasteiger partial charge on any atom is 0.141 e. The van der Waals surface area contributed by atoms with E-state index >= 15 is 0 Å². The topological polar surface area (TPSA) is 20.2 Å². The molecular weight excluding hydrogens is 246 g/mol. The molecule has 0 amide bonds. The lowest BCUT2D eigenvalue weighted by atomic mass is 10.0. The first-order valence-corrected chi connectivity index (χ1v) is 5.34. The molecule has 0 aromatic heterocycles. The lowest BCUT2D eigenvalue weighted by molar-refractivity contribution is 0.219. The van der Waals surface area contributed by atoms with Gasteiger partial charge in [0.05, 0.1) is 5.02 Å². The smallest absolute Gasteiger partial charge is 0.141 e. The Bertz CT molecular complexity index is 543. The normalized spacial score (nSPS) is 12.5. The monoisotopic (exact) mass is 254 g/mol. The van der Waals surface area contributed by atoms with Gasteiger partial charge >= 0.3 is 0 Å². The third-order valence-electron chi connectivity index (χ3n) is 2.42. The van der Waals surface area contributed by atoms with Crippen LogP contribution in [0.1, 0.15) is 17.2 Å². The summed E-state index contributed by atoms with van der Waals surface area (Å²) in [6, 6.07) is 9.50. The predicted molar refractivity (Wildman–Crippen MR) is 61.9 cm³/mol. The van der Waals surface area contributed by atoms with Crippen molar-refractivity contribution in [3.05, 3.63) is 70.2 Å². The van der Waals surface area contributed by atoms with Gasteiger partial charge in [-0.1, -0.05) is 29.8 Å². The molecule has 1 nitrogen and oxygen atoms in total. The summed E-state index contributed by atoms with van der Waals surface area (Å²) in [6.45, 7) is 0. The van der Waals surface area contributed by atoms with Gasteiger partial charge in [-0.15, -0.1) is 0 Å². The van der Waals surface area contributed by atoms with Crippen LogP contribution < -0.4 is 0 Å². The largest absolute Gasteiger partial charge is 0.384 e. The fraction of sp³-hybridized carbons (Fsp3) is 0.0769. The van der Waals surface area contributed by atoms with E-state index in [2.05, 4.69) is 0 Å². The van der Waals surface area contributed by atoms with Crippen molar-refractivity contribution < 1.29 is 13.9 Å². The van der Waals surface area contributed by atoms with Crippen molar-refractivity contribution in [1.82, 2.24) is 0 Å². The highest BCUT2D eigenvalue weighted by atomic mass is 35.5. The zero-order valence-corrected chi connectivity index (χ0v) is 9.46. The predicted octanol–water partition coefficient (Wildman–Crippen LogP) is 3.70. The van der Waals surface area contributed by atoms with E-state index in [-0.39, 0.29) is 5.02 Å². The van der Waals surface area contributed by atoms with Crippen LogP contribution in [-0.2, 0) is 0 Å². The summed E-state index contributed by atoms with van der Waals surface area (Å²) in [4.78, 5) is 0. The number of aliphatic hydroxyl groups is 1. The summed E-state index contributed by atoms with van der Waals surface area (Å²) in [6.07, 6.45) is -1.02. The lowest BCUT2D eigenvalue weighted by Crippen LogP contribution is -2.00. The first-order valence-electron chi connectivity index (χ1n) is 4.96. The van der Waals surface area contributed by atoms with Gasteiger partial charge in [-0.25, -0.2) is 8.78 Å². The molecule has 0 heterocycles. The molecule has 0 saturated carbocycles. The highest BCUT2D eigenvalue weighted by Gasteiger charge is 2.12. The number of halogens is 3. The average Bonchev–Trinajstić information content (AvgIpc) is 2.32. The molecule has 1 atom stereocenters. The molecule has 2 aromatic rings. The fourth-order valence-electron chi connectivity index (χ4n) is 1.55. The molecule has 0 aliphatic rings. The van der Waals surface area contributed by atoms with Gasteiger partial charge in [0.2, 0.25) is 0 Å². The third kappa shape index (κ3) is 2.62. The van der Waals surface area contributed by atoms with Crippen molar-refractivity contribution in [1.29, 1.82) is 0 Å². The maximum absolute atomic E-state index is 13.0. The Morgan fingerprint density at radius 3 is 2.35 bits per heavy atom. The van der Waals surface area contributed by atoms with Crippen molar-refractivity contribution in [2.24, 2.45) is 0 Å². The molecule has 2 rings (SSSR count). The van der Waals surface area contributed by atoms with E-state index in [4.69, 9.17) is 11.6 Å². The summed E-state index contributed by atoms with van der Waals surface area (Å²) in [5, 5.41) is 9.91. The molecule has 2 aromatic carbocycles. The molecule has 0 radical (unpaired) electrons. The third-order valence-corrected chi connectivity index (χ3v) is 2.71. The van der Waals surface area contributed by atoms with Gasteiger partial charge < -0.3 is 5.11 Å². The van der Waals surface area contributed by atoms with Gasteiger partial charge in [0.1, 0.15) is 17.7 Å². The molecule has 17 heavy (non-hydrogen) atoms. The van der Waals surface area contributed by atoms with Gasteiger partial charge in [0, 0.05) is 0 Å². The minimum Gasteiger partial charge on any atom is -0.384 e. The van der Waals surface area contributed by atoms with Gasteiger partial charge in [-0.2, -0.15) is 0 Å². The quantitative estimate of drug-likeness (QED) is 0.866. The molecule has 4 heteroatoms. The van der Waals surface area contributed by atoms with Crippen LogP contribution in [-0.4, -0.2) is 5.11 Å². The second kappa shape index (κ2) is 4.82. The Morgan fingerprint density at radius 2 is 1.71 bits per heavy atom. The van der Waals surface area contributed by atoms with E-state index in [1.807, 2.05) is 0 Å². The van der Waals surface area contributed by atoms with E-state index in [0.717, 1.165) is 0 Å². The van der Waals surface area contributed by atoms with Gasteiger partial charge in [0.25, 0.3) is 0 Å². The number of benzene rings is 2. The van der Waals surface area contributed by atoms with Crippen molar-refractivity contribution in [2.45, 2.75) is 6.10 Å². The van der Waals surface area contributed by atoms with Gasteiger partial charge in [-0.3, -0.25) is 0 Å². The second-order valence-corrected chi connectivity index (χ2v) is 4.04. The summed E-state index contributed by atoms with van der Waals surface area (Å²) < 4.78 is 25.9. The molecule has 0 unspecified atom stereocenters. The summed E-state index contributed by atoms with van der Waals surface area (Å²) in [5.41, 5.74) is 0.815. The summed E-state index contributed by atoms with van der Waals surface area (Å²) in [5.74, 6) is -0.989. The van der Waals surface area contributed by atoms with Crippen molar-refractivity contribution in [2.75, 3.05) is 0 Å². The van der Waals surface area contributed by atoms with Crippen LogP contribution in [0.4, 0.5) is 8.78 Å². The van der Waals surface area contributed by atoms with Crippen LogP contribution in [0, 0.1) is 11.6 Å². The van der Waals surface area contributed by atoms with E-state index in [9.17, 15) is 13.9 Å². The first kappa shape index (κ1) is 12.0. The minimum absolute atomic E-state index is 0.0713. The van der Waals surface area contributed by atoms with Crippen LogP contribution in [0.15, 0.2) is 42.5 Å². The van der Waals surface area contributed by atoms with Crippen molar-refractivity contribution in [3.8, 4) is 0 Å². The van der Waals surface area contributed by atoms with Crippen LogP contribution in [0.3, 0.4) is 0 Å². The fourth-order valence-corrected chi connectivity index (χ4v) is 1.74. The van der Waals surface area contributed by atoms with Crippen molar-refractivity contribution in [3.63, 3.8) is 0 Å². The van der Waals surface area contributed by atoms with Crippen LogP contribution in [0.25, 0.3) is 0 Å². The average molecular weight is 255 g/mol. The van der Waals surface area contributed by atoms with E-state index < -0.39 is 17.7 Å². The zero-order valence-electron chi connectivity index (χ0n) is 8.70. The highest BCUT2D eigenvalue weighted by molar-refractivity contribution is 6.30. The van der Waals surface area contributed by atoms with E-state index in [1.165, 1.54) is 36.4 Å². The minimum atomic E-state index is -1.02. The Hall–Kier alpha value is -1.45. The Kier molecular flexibility index (Phi) is 3.41. The Balaban J connectivity index is 2.36. The molecule has 0 saturated heterocycles. The standard InChI is InChI=1S/C13H9ClF2O/c14-11-7-9(4-5-12(11)16)13(17)8-2-1-3-10(15)6-8/h1-7,13,17H/t13-/m0/s1. The molecule has 1 N–H and O–H groups in total. The molecule has 0 bridgehead atoms. The first-order chi connectivity index (χ1) is 8.08. The van der Waals surface area contributed by atoms with Gasteiger partial charge in [0.15, 0.2) is 0 Å². The zero-order chi connectivity index (χ0) is 12.4. The maximum atomic E-state index is 13.0. The van der Waals surface area contributed by atoms with E-state index in [1.54, 1.807) is 6.07 Å². The van der Waals surface area contributed by atoms with Crippen LogP contribution in [0.2, 0.25) is 5.02 Å². The lowest BCUT2D eigenvalue weighted by Gasteiger charge is -2.12.